The summed E-state index contributed by atoms with van der Waals surface area (Å²) in [5, 5.41) is 28.1. The Morgan fingerprint density at radius 3 is 2.75 bits per heavy atom. The van der Waals surface area contributed by atoms with Crippen molar-refractivity contribution in [2.75, 3.05) is 18.2 Å². The van der Waals surface area contributed by atoms with Crippen molar-refractivity contribution in [2.45, 2.75) is 11.3 Å². The van der Waals surface area contributed by atoms with E-state index < -0.39 is 5.92 Å². The third-order valence-corrected chi connectivity index (χ3v) is 4.96. The van der Waals surface area contributed by atoms with Gasteiger partial charge in [-0.2, -0.15) is 5.26 Å². The number of thioether (sulfide) groups is 1. The van der Waals surface area contributed by atoms with Crippen LogP contribution in [0.25, 0.3) is 0 Å². The number of hydrogen-bond acceptors (Lipinski definition) is 9. The maximum Gasteiger partial charge on any atom is 0.210 e. The summed E-state index contributed by atoms with van der Waals surface area (Å²) < 4.78 is 5.72. The number of rotatable bonds is 8. The molecule has 2 N–H and O–H groups in total. The SMILES string of the molecule is COc1ccc(Nc2nnc(SCC(=O)C(C#N)C(C)=N)s2)cc1. The molecular weight excluding hydrogens is 346 g/mol. The first-order chi connectivity index (χ1) is 11.5. The molecule has 1 unspecified atom stereocenters. The Morgan fingerprint density at radius 2 is 2.17 bits per heavy atom. The number of nitriles is 1. The van der Waals surface area contributed by atoms with E-state index >= 15 is 0 Å². The van der Waals surface area contributed by atoms with E-state index in [1.165, 1.54) is 30.0 Å². The van der Waals surface area contributed by atoms with Crippen molar-refractivity contribution in [2.24, 2.45) is 5.92 Å². The molecule has 9 heteroatoms. The number of methoxy groups -OCH3 is 1. The van der Waals surface area contributed by atoms with E-state index in [-0.39, 0.29) is 17.2 Å². The van der Waals surface area contributed by atoms with Crippen molar-refractivity contribution in [3.8, 4) is 11.8 Å². The largest absolute Gasteiger partial charge is 0.497 e. The fraction of sp³-hybridized carbons (Fsp3) is 0.267. The third-order valence-electron chi connectivity index (χ3n) is 2.97. The summed E-state index contributed by atoms with van der Waals surface area (Å²) >= 11 is 2.53. The molecule has 1 heterocycles. The molecule has 0 fully saturated rings. The van der Waals surface area contributed by atoms with Crippen LogP contribution < -0.4 is 10.1 Å². The van der Waals surface area contributed by atoms with E-state index in [9.17, 15) is 4.79 Å². The number of ketones is 1. The molecule has 0 saturated carbocycles. The zero-order chi connectivity index (χ0) is 17.5. The van der Waals surface area contributed by atoms with Gasteiger partial charge >= 0.3 is 0 Å². The lowest BCUT2D eigenvalue weighted by Crippen LogP contribution is -2.21. The normalized spacial score (nSPS) is 11.4. The molecule has 24 heavy (non-hydrogen) atoms. The average molecular weight is 361 g/mol. The number of nitrogens with zero attached hydrogens (tertiary/aromatic N) is 3. The van der Waals surface area contributed by atoms with Gasteiger partial charge in [-0.15, -0.1) is 10.2 Å². The van der Waals surface area contributed by atoms with E-state index in [0.29, 0.717) is 9.47 Å². The zero-order valence-electron chi connectivity index (χ0n) is 13.1. The number of hydrogen-bond donors (Lipinski definition) is 2. The number of anilines is 2. The minimum Gasteiger partial charge on any atom is -0.497 e. The van der Waals surface area contributed by atoms with Gasteiger partial charge in [0.2, 0.25) is 5.13 Å². The lowest BCUT2D eigenvalue weighted by Gasteiger charge is -2.04. The summed E-state index contributed by atoms with van der Waals surface area (Å²) in [7, 11) is 1.61. The minimum atomic E-state index is -0.984. The fourth-order valence-corrected chi connectivity index (χ4v) is 3.42. The molecule has 0 radical (unpaired) electrons. The Labute approximate surface area is 147 Å². The zero-order valence-corrected chi connectivity index (χ0v) is 14.7. The first kappa shape index (κ1) is 17.9. The maximum absolute atomic E-state index is 11.9. The maximum atomic E-state index is 11.9. The fourth-order valence-electron chi connectivity index (χ4n) is 1.74. The highest BCUT2D eigenvalue weighted by atomic mass is 32.2. The molecular formula is C15H15N5O2S2. The molecule has 0 spiro atoms. The summed E-state index contributed by atoms with van der Waals surface area (Å²) in [5.41, 5.74) is 0.908. The van der Waals surface area contributed by atoms with Crippen LogP contribution in [-0.2, 0) is 4.79 Å². The molecule has 0 amide bonds. The van der Waals surface area contributed by atoms with Gasteiger partial charge in [0, 0.05) is 11.4 Å². The Bertz CT molecular complexity index is 767. The number of carbonyl (C=O) groups is 1. The van der Waals surface area contributed by atoms with E-state index in [1.54, 1.807) is 7.11 Å². The Hall–Kier alpha value is -2.44. The predicted octanol–water partition coefficient (Wildman–Crippen LogP) is 3.13. The molecule has 0 aliphatic carbocycles. The number of nitrogens with one attached hydrogen (secondary N) is 2. The summed E-state index contributed by atoms with van der Waals surface area (Å²) in [5.74, 6) is -0.427. The van der Waals surface area contributed by atoms with Gasteiger partial charge in [0.15, 0.2) is 10.1 Å². The predicted molar refractivity (Wildman–Crippen MR) is 94.4 cm³/mol. The average Bonchev–Trinajstić information content (AvgIpc) is 3.01. The van der Waals surface area contributed by atoms with Crippen LogP contribution in [-0.4, -0.2) is 34.6 Å². The van der Waals surface area contributed by atoms with Crippen molar-refractivity contribution < 1.29 is 9.53 Å². The highest BCUT2D eigenvalue weighted by Crippen LogP contribution is 2.28. The molecule has 2 aromatic rings. The van der Waals surface area contributed by atoms with Crippen molar-refractivity contribution in [1.29, 1.82) is 10.7 Å². The van der Waals surface area contributed by atoms with Crippen molar-refractivity contribution in [3.63, 3.8) is 0 Å². The summed E-state index contributed by atoms with van der Waals surface area (Å²) in [4.78, 5) is 11.9. The molecule has 0 aliphatic heterocycles. The molecule has 0 saturated heterocycles. The standard InChI is InChI=1S/C15H15N5O2S2/c1-9(17)12(7-16)13(21)8-23-15-20-19-14(24-15)18-10-3-5-11(22-2)6-4-10/h3-6,12,17H,8H2,1-2H3,(H,18,19). The number of aromatic nitrogens is 2. The van der Waals surface area contributed by atoms with Gasteiger partial charge in [0.1, 0.15) is 11.7 Å². The number of ether oxygens (including phenoxy) is 1. The highest BCUT2D eigenvalue weighted by Gasteiger charge is 2.20. The molecule has 124 valence electrons. The molecule has 1 aromatic carbocycles. The van der Waals surface area contributed by atoms with Gasteiger partial charge < -0.3 is 15.5 Å². The Balaban J connectivity index is 1.92. The van der Waals surface area contributed by atoms with Gasteiger partial charge in [0.05, 0.1) is 18.9 Å². The first-order valence-electron chi connectivity index (χ1n) is 6.88. The molecule has 7 nitrogen and oxygen atoms in total. The van der Waals surface area contributed by atoms with Crippen LogP contribution in [0.2, 0.25) is 0 Å². The third kappa shape index (κ3) is 4.78. The van der Waals surface area contributed by atoms with Gasteiger partial charge in [-0.05, 0) is 31.2 Å². The van der Waals surface area contributed by atoms with Gasteiger partial charge in [-0.25, -0.2) is 0 Å². The van der Waals surface area contributed by atoms with Crippen LogP contribution in [0.1, 0.15) is 6.92 Å². The van der Waals surface area contributed by atoms with Gasteiger partial charge in [-0.3, -0.25) is 4.79 Å². The van der Waals surface area contributed by atoms with Crippen LogP contribution in [0.4, 0.5) is 10.8 Å². The van der Waals surface area contributed by atoms with Crippen molar-refractivity contribution in [1.82, 2.24) is 10.2 Å². The van der Waals surface area contributed by atoms with E-state index in [1.807, 2.05) is 30.3 Å². The van der Waals surface area contributed by atoms with Crippen LogP contribution in [0.15, 0.2) is 28.6 Å². The number of Topliss-reactive ketones (excluding diaryl/α,β-unsaturated/α-hetero) is 1. The molecule has 1 aromatic heterocycles. The second-order valence-corrected chi connectivity index (χ2v) is 6.93. The highest BCUT2D eigenvalue weighted by molar-refractivity contribution is 8.01. The number of benzene rings is 1. The van der Waals surface area contributed by atoms with Crippen LogP contribution in [0.5, 0.6) is 5.75 Å². The second kappa shape index (κ2) is 8.42. The van der Waals surface area contributed by atoms with Crippen LogP contribution in [0.3, 0.4) is 0 Å². The van der Waals surface area contributed by atoms with Crippen molar-refractivity contribution >= 4 is 45.4 Å². The first-order valence-corrected chi connectivity index (χ1v) is 8.68. The lowest BCUT2D eigenvalue weighted by molar-refractivity contribution is -0.117. The van der Waals surface area contributed by atoms with Gasteiger partial charge in [-0.1, -0.05) is 23.1 Å². The number of carbonyl (C=O) groups excluding carboxylic acids is 1. The minimum absolute atomic E-state index is 0.0576. The topological polar surface area (TPSA) is 112 Å². The Kier molecular flexibility index (Phi) is 6.28. The van der Waals surface area contributed by atoms with E-state index in [4.69, 9.17) is 15.4 Å². The summed E-state index contributed by atoms with van der Waals surface area (Å²) in [6, 6.07) is 9.23. The lowest BCUT2D eigenvalue weighted by atomic mass is 10.0. The smallest absolute Gasteiger partial charge is 0.210 e. The van der Waals surface area contributed by atoms with E-state index in [2.05, 4.69) is 15.5 Å². The van der Waals surface area contributed by atoms with Crippen molar-refractivity contribution in [3.05, 3.63) is 24.3 Å². The summed E-state index contributed by atoms with van der Waals surface area (Å²) in [6.45, 7) is 1.46. The monoisotopic (exact) mass is 361 g/mol. The van der Waals surface area contributed by atoms with Gasteiger partial charge in [0.25, 0.3) is 0 Å². The Morgan fingerprint density at radius 1 is 1.46 bits per heavy atom. The molecule has 0 aliphatic rings. The van der Waals surface area contributed by atoms with Crippen LogP contribution in [0, 0.1) is 22.7 Å². The quantitative estimate of drug-likeness (QED) is 0.548. The second-order valence-electron chi connectivity index (χ2n) is 4.73. The molecule has 0 bridgehead atoms. The molecule has 1 atom stereocenters. The summed E-state index contributed by atoms with van der Waals surface area (Å²) in [6.07, 6.45) is 0. The van der Waals surface area contributed by atoms with Crippen LogP contribution >= 0.6 is 23.1 Å². The molecule has 2 rings (SSSR count). The van der Waals surface area contributed by atoms with E-state index in [0.717, 1.165) is 11.4 Å².